The summed E-state index contributed by atoms with van der Waals surface area (Å²) in [5.74, 6) is 5.64. The topological polar surface area (TPSA) is 89.3 Å². The molecule has 3 atom stereocenters. The zero-order valence-corrected chi connectivity index (χ0v) is 9.93. The number of nitrogens with zero attached hydrogens (tertiary/aromatic N) is 1. The van der Waals surface area contributed by atoms with Crippen LogP contribution in [0, 0.1) is 0 Å². The smallest absolute Gasteiger partial charge is 0.251 e. The van der Waals surface area contributed by atoms with Crippen LogP contribution in [0.2, 0.25) is 0 Å². The molecule has 96 valence electrons. The van der Waals surface area contributed by atoms with E-state index in [0.29, 0.717) is 17.5 Å². The first-order valence-corrected chi connectivity index (χ1v) is 6.15. The predicted molar refractivity (Wildman–Crippen MR) is 65.8 cm³/mol. The number of hydrogen-bond donors (Lipinski definition) is 3. The van der Waals surface area contributed by atoms with Gasteiger partial charge in [-0.3, -0.25) is 4.79 Å². The van der Waals surface area contributed by atoms with Gasteiger partial charge < -0.3 is 15.5 Å². The first kappa shape index (κ1) is 11.4. The highest BCUT2D eigenvalue weighted by Gasteiger charge is 2.41. The van der Waals surface area contributed by atoms with E-state index in [-0.39, 0.29) is 18.1 Å². The Morgan fingerprint density at radius 2 is 2.39 bits per heavy atom. The van der Waals surface area contributed by atoms with Crippen molar-refractivity contribution in [3.63, 3.8) is 0 Å². The van der Waals surface area contributed by atoms with E-state index in [4.69, 9.17) is 10.6 Å². The number of fused-ring (bicyclic) bond motifs is 2. The maximum atomic E-state index is 12.1. The Morgan fingerprint density at radius 3 is 3.06 bits per heavy atom. The molecule has 3 unspecified atom stereocenters. The second-order valence-corrected chi connectivity index (χ2v) is 4.76. The van der Waals surface area contributed by atoms with Gasteiger partial charge in [0, 0.05) is 11.8 Å². The summed E-state index contributed by atoms with van der Waals surface area (Å²) < 4.78 is 5.71. The second-order valence-electron chi connectivity index (χ2n) is 4.76. The molecule has 0 radical (unpaired) electrons. The van der Waals surface area contributed by atoms with Crippen molar-refractivity contribution in [3.05, 3.63) is 23.9 Å². The minimum absolute atomic E-state index is 0.102. The molecule has 2 aliphatic heterocycles. The summed E-state index contributed by atoms with van der Waals surface area (Å²) in [5.41, 5.74) is 2.98. The molecular formula is C12H16N4O2. The zero-order valence-electron chi connectivity index (χ0n) is 9.93. The molecule has 0 aromatic carbocycles. The summed E-state index contributed by atoms with van der Waals surface area (Å²) >= 11 is 0. The molecule has 4 N–H and O–H groups in total. The fraction of sp³-hybridized carbons (Fsp3) is 0.500. The molecule has 1 aromatic rings. The summed E-state index contributed by atoms with van der Waals surface area (Å²) in [7, 11) is 0. The van der Waals surface area contributed by atoms with Gasteiger partial charge >= 0.3 is 0 Å². The van der Waals surface area contributed by atoms with E-state index in [2.05, 4.69) is 15.7 Å². The molecular weight excluding hydrogens is 232 g/mol. The summed E-state index contributed by atoms with van der Waals surface area (Å²) in [6.07, 6.45) is 5.16. The van der Waals surface area contributed by atoms with Gasteiger partial charge in [-0.1, -0.05) is 0 Å². The molecule has 6 nitrogen and oxygen atoms in total. The van der Waals surface area contributed by atoms with Crippen LogP contribution in [0.3, 0.4) is 0 Å². The number of anilines is 1. The van der Waals surface area contributed by atoms with Crippen molar-refractivity contribution in [1.82, 2.24) is 10.3 Å². The van der Waals surface area contributed by atoms with Gasteiger partial charge in [-0.05, 0) is 31.4 Å². The predicted octanol–water partition coefficient (Wildman–Crippen LogP) is 0.417. The fourth-order valence-electron chi connectivity index (χ4n) is 2.69. The first-order valence-electron chi connectivity index (χ1n) is 6.15. The van der Waals surface area contributed by atoms with E-state index in [0.717, 1.165) is 19.3 Å². The number of nitrogen functional groups attached to an aromatic ring is 1. The van der Waals surface area contributed by atoms with E-state index < -0.39 is 0 Å². The Bertz CT molecular complexity index is 465. The maximum Gasteiger partial charge on any atom is 0.251 e. The molecule has 3 rings (SSSR count). The van der Waals surface area contributed by atoms with Crippen LogP contribution in [-0.4, -0.2) is 29.1 Å². The Kier molecular flexibility index (Phi) is 2.89. The molecule has 2 saturated heterocycles. The third-order valence-electron chi connectivity index (χ3n) is 3.59. The maximum absolute atomic E-state index is 12.1. The number of rotatable bonds is 3. The van der Waals surface area contributed by atoms with Crippen molar-refractivity contribution in [2.24, 2.45) is 5.84 Å². The van der Waals surface area contributed by atoms with Crippen molar-refractivity contribution in [3.8, 4) is 0 Å². The number of aromatic nitrogens is 1. The number of nitrogens with two attached hydrogens (primary N) is 1. The first-order chi connectivity index (χ1) is 8.76. The number of carbonyl (C=O) groups excluding carboxylic acids is 1. The molecule has 18 heavy (non-hydrogen) atoms. The Labute approximate surface area is 105 Å². The number of amides is 1. The van der Waals surface area contributed by atoms with Crippen LogP contribution >= 0.6 is 0 Å². The quantitative estimate of drug-likeness (QED) is 0.533. The fourth-order valence-corrected chi connectivity index (χ4v) is 2.69. The molecule has 3 heterocycles. The zero-order chi connectivity index (χ0) is 12.5. The van der Waals surface area contributed by atoms with Gasteiger partial charge in [-0.25, -0.2) is 10.8 Å². The minimum atomic E-state index is -0.102. The number of ether oxygens (including phenoxy) is 1. The highest BCUT2D eigenvalue weighted by atomic mass is 16.5. The van der Waals surface area contributed by atoms with Crippen LogP contribution in [0.4, 0.5) is 5.82 Å². The Balaban J connectivity index is 1.67. The largest absolute Gasteiger partial charge is 0.373 e. The van der Waals surface area contributed by atoms with Crippen LogP contribution in [0.15, 0.2) is 18.3 Å². The van der Waals surface area contributed by atoms with E-state index in [1.54, 1.807) is 18.3 Å². The van der Waals surface area contributed by atoms with E-state index in [1.807, 2.05) is 0 Å². The third-order valence-corrected chi connectivity index (χ3v) is 3.59. The summed E-state index contributed by atoms with van der Waals surface area (Å²) in [4.78, 5) is 16.1. The molecule has 2 bridgehead atoms. The van der Waals surface area contributed by atoms with E-state index >= 15 is 0 Å². The van der Waals surface area contributed by atoms with Crippen LogP contribution in [0.25, 0.3) is 0 Å². The van der Waals surface area contributed by atoms with Gasteiger partial charge in [0.1, 0.15) is 5.82 Å². The van der Waals surface area contributed by atoms with Gasteiger partial charge in [0.15, 0.2) is 0 Å². The number of hydrogen-bond acceptors (Lipinski definition) is 5. The summed E-state index contributed by atoms with van der Waals surface area (Å²) in [6.45, 7) is 0. The number of carbonyl (C=O) groups is 1. The van der Waals surface area contributed by atoms with Crippen LogP contribution in [0.5, 0.6) is 0 Å². The van der Waals surface area contributed by atoms with Gasteiger partial charge in [0.2, 0.25) is 0 Å². The van der Waals surface area contributed by atoms with Crippen LogP contribution in [0.1, 0.15) is 29.6 Å². The van der Waals surface area contributed by atoms with Crippen molar-refractivity contribution < 1.29 is 9.53 Å². The lowest BCUT2D eigenvalue weighted by Crippen LogP contribution is -2.41. The molecule has 0 saturated carbocycles. The standard InChI is InChI=1S/C12H16N4O2/c13-16-11-5-7(3-4-14-11)12(17)15-9-6-8-1-2-10(9)18-8/h3-5,8-10H,1-2,6,13H2,(H,14,16)(H,15,17). The Hall–Kier alpha value is -1.66. The van der Waals surface area contributed by atoms with Crippen molar-refractivity contribution in [1.29, 1.82) is 0 Å². The number of hydrazine groups is 1. The normalized spacial score (nSPS) is 29.3. The van der Waals surface area contributed by atoms with Gasteiger partial charge in [-0.2, -0.15) is 0 Å². The molecule has 0 aliphatic carbocycles. The Morgan fingerprint density at radius 1 is 1.50 bits per heavy atom. The third kappa shape index (κ3) is 2.04. The lowest BCUT2D eigenvalue weighted by Gasteiger charge is -2.20. The van der Waals surface area contributed by atoms with Crippen molar-refractivity contribution >= 4 is 11.7 Å². The lowest BCUT2D eigenvalue weighted by atomic mass is 9.95. The molecule has 1 amide bonds. The SMILES string of the molecule is NNc1cc(C(=O)NC2CC3CCC2O3)ccn1. The molecule has 2 fully saturated rings. The number of nitrogens with one attached hydrogen (secondary N) is 2. The number of pyridine rings is 1. The molecule has 1 aromatic heterocycles. The van der Waals surface area contributed by atoms with Crippen LogP contribution < -0.4 is 16.6 Å². The highest BCUT2D eigenvalue weighted by molar-refractivity contribution is 5.95. The average molecular weight is 248 g/mol. The highest BCUT2D eigenvalue weighted by Crippen LogP contribution is 2.34. The monoisotopic (exact) mass is 248 g/mol. The van der Waals surface area contributed by atoms with E-state index in [1.165, 1.54) is 0 Å². The van der Waals surface area contributed by atoms with Gasteiger partial charge in [-0.15, -0.1) is 0 Å². The summed E-state index contributed by atoms with van der Waals surface area (Å²) in [5, 5.41) is 3.02. The summed E-state index contributed by atoms with van der Waals surface area (Å²) in [6, 6.07) is 3.44. The minimum Gasteiger partial charge on any atom is -0.373 e. The van der Waals surface area contributed by atoms with Crippen molar-refractivity contribution in [2.45, 2.75) is 37.5 Å². The molecule has 6 heteroatoms. The van der Waals surface area contributed by atoms with E-state index in [9.17, 15) is 4.79 Å². The average Bonchev–Trinajstić information content (AvgIpc) is 3.01. The molecule has 2 aliphatic rings. The van der Waals surface area contributed by atoms with Crippen molar-refractivity contribution in [2.75, 3.05) is 5.43 Å². The van der Waals surface area contributed by atoms with Gasteiger partial charge in [0.05, 0.1) is 18.2 Å². The van der Waals surface area contributed by atoms with Gasteiger partial charge in [0.25, 0.3) is 5.91 Å². The second kappa shape index (κ2) is 4.55. The lowest BCUT2D eigenvalue weighted by molar-refractivity contribution is 0.0841. The van der Waals surface area contributed by atoms with Crippen LogP contribution in [-0.2, 0) is 4.74 Å². The molecule has 0 spiro atoms.